The molecule has 0 amide bonds. The zero-order valence-electron chi connectivity index (χ0n) is 39.0. The molecule has 0 radical (unpaired) electrons. The van der Waals surface area contributed by atoms with Crippen LogP contribution in [0.1, 0.15) is 50.7 Å². The van der Waals surface area contributed by atoms with E-state index >= 15 is 35.1 Å². The highest BCUT2D eigenvalue weighted by Gasteiger charge is 2.59. The fraction of sp³-hybridized carbons (Fsp3) is 0.400. The maximum Gasteiger partial charge on any atom is 0.344 e. The van der Waals surface area contributed by atoms with E-state index in [0.717, 1.165) is 38.2 Å². The van der Waals surface area contributed by atoms with Crippen LogP contribution in [0.5, 0.6) is 11.5 Å². The van der Waals surface area contributed by atoms with Gasteiger partial charge in [-0.3, -0.25) is 0 Å². The van der Waals surface area contributed by atoms with Gasteiger partial charge in [-0.2, -0.15) is 35.1 Å². The van der Waals surface area contributed by atoms with Crippen molar-refractivity contribution in [3.8, 4) is 33.8 Å². The molecule has 0 aliphatic rings. The second-order valence-corrected chi connectivity index (χ2v) is 24.4. The molecule has 19 heteroatoms. The molecular weight excluding hydrogens is 953 g/mol. The number of alkyl halides is 8. The molecule has 0 aliphatic carbocycles. The van der Waals surface area contributed by atoms with E-state index in [9.17, 15) is 9.59 Å². The standard InChI is InChI=1S/C50H54F8O9Si2/c1-7-33-9-13-35(14-10-33)41-29-37-17-19-39(31-43(37)65-45(41)59)63-25-21-47(51,52)49(55,56)23-27-68(5,61-3)67-69(6,62-4)28-24-50(57,58)48(53,54)22-26-64-40-20-18-38-30-42(46(60)66-44(38)32-40)36-15-11-34(8-2)12-16-36/h9-20,29-32H,7-8,21-28H2,1-6H3. The number of rotatable bonds is 24. The van der Waals surface area contributed by atoms with E-state index < -0.39 is 103 Å². The van der Waals surface area contributed by atoms with Gasteiger partial charge in [-0.05, 0) is 96.7 Å². The SMILES string of the molecule is CCc1ccc(-c2cc3ccc(OCCC(F)(F)C(F)(F)CC[Si](C)(OC)O[Si](C)(CCC(F)(F)C(F)(F)CCOc4ccc5cc(-c6ccc(CC)cc6)c(=O)oc5c4)OC)cc3oc2=O)cc1. The molecule has 6 aromatic rings. The Kier molecular flexibility index (Phi) is 16.4. The van der Waals surface area contributed by atoms with E-state index in [1.165, 1.54) is 37.4 Å². The van der Waals surface area contributed by atoms with Gasteiger partial charge in [-0.1, -0.05) is 62.4 Å². The summed E-state index contributed by atoms with van der Waals surface area (Å²) in [6.45, 7) is 4.86. The molecule has 0 saturated carbocycles. The fourth-order valence-electron chi connectivity index (χ4n) is 7.55. The average molecular weight is 1010 g/mol. The van der Waals surface area contributed by atoms with Gasteiger partial charge in [-0.15, -0.1) is 0 Å². The van der Waals surface area contributed by atoms with Gasteiger partial charge in [0.1, 0.15) is 22.7 Å². The molecule has 2 atom stereocenters. The number of ether oxygens (including phenoxy) is 2. The smallest absolute Gasteiger partial charge is 0.344 e. The summed E-state index contributed by atoms with van der Waals surface area (Å²) in [7, 11) is -5.59. The lowest BCUT2D eigenvalue weighted by Gasteiger charge is -2.37. The van der Waals surface area contributed by atoms with Gasteiger partial charge in [0.15, 0.2) is 0 Å². The molecule has 9 nitrogen and oxygen atoms in total. The Morgan fingerprint density at radius 3 is 1.17 bits per heavy atom. The van der Waals surface area contributed by atoms with Gasteiger partial charge in [0.05, 0.1) is 37.2 Å². The largest absolute Gasteiger partial charge is 0.493 e. The second kappa shape index (κ2) is 21.3. The maximum absolute atomic E-state index is 15.2. The van der Waals surface area contributed by atoms with E-state index in [-0.39, 0.29) is 22.7 Å². The number of halogens is 8. The summed E-state index contributed by atoms with van der Waals surface area (Å²) in [4.78, 5) is 25.6. The lowest BCUT2D eigenvalue weighted by molar-refractivity contribution is -0.215. The Morgan fingerprint density at radius 1 is 0.493 bits per heavy atom. The third-order valence-corrected chi connectivity index (χ3v) is 19.8. The number of benzene rings is 4. The van der Waals surface area contributed by atoms with Crippen LogP contribution < -0.4 is 20.7 Å². The molecule has 0 fully saturated rings. The predicted octanol–water partition coefficient (Wildman–Crippen LogP) is 13.4. The van der Waals surface area contributed by atoms with E-state index in [2.05, 4.69) is 0 Å². The van der Waals surface area contributed by atoms with Crippen LogP contribution in [0.25, 0.3) is 44.2 Å². The third-order valence-electron chi connectivity index (χ3n) is 12.3. The van der Waals surface area contributed by atoms with Crippen molar-refractivity contribution in [2.24, 2.45) is 0 Å². The lowest BCUT2D eigenvalue weighted by atomic mass is 10.0. The molecule has 0 aliphatic heterocycles. The quantitative estimate of drug-likeness (QED) is 0.0333. The first-order valence-corrected chi connectivity index (χ1v) is 27.4. The van der Waals surface area contributed by atoms with Crippen LogP contribution >= 0.6 is 0 Å². The molecule has 2 aromatic heterocycles. The van der Waals surface area contributed by atoms with Crippen LogP contribution in [0, 0.1) is 0 Å². The van der Waals surface area contributed by atoms with Gasteiger partial charge >= 0.3 is 52.1 Å². The number of fused-ring (bicyclic) bond motifs is 2. The minimum atomic E-state index is -4.61. The van der Waals surface area contributed by atoms with E-state index in [1.54, 1.807) is 48.5 Å². The van der Waals surface area contributed by atoms with Crippen molar-refractivity contribution in [1.82, 2.24) is 0 Å². The lowest BCUT2D eigenvalue weighted by Crippen LogP contribution is -2.53. The molecule has 372 valence electrons. The second-order valence-electron chi connectivity index (χ2n) is 17.2. The average Bonchev–Trinajstić information content (AvgIpc) is 3.32. The normalized spacial score (nSPS) is 14.5. The van der Waals surface area contributed by atoms with Crippen molar-refractivity contribution >= 4 is 39.1 Å². The zero-order valence-corrected chi connectivity index (χ0v) is 41.0. The number of hydrogen-bond donors (Lipinski definition) is 0. The van der Waals surface area contributed by atoms with Crippen LogP contribution in [0.15, 0.2) is 115 Å². The molecular formula is C50H54F8O9Si2. The summed E-state index contributed by atoms with van der Waals surface area (Å²) in [6.07, 6.45) is -4.03. The number of hydrogen-bond acceptors (Lipinski definition) is 9. The topological polar surface area (TPSA) is 107 Å². The molecule has 69 heavy (non-hydrogen) atoms. The molecule has 0 spiro atoms. The maximum atomic E-state index is 15.2. The van der Waals surface area contributed by atoms with E-state index in [4.69, 9.17) is 31.3 Å². The summed E-state index contributed by atoms with van der Waals surface area (Å²) in [5, 5.41) is 1.03. The van der Waals surface area contributed by atoms with Crippen molar-refractivity contribution < 1.29 is 66.4 Å². The van der Waals surface area contributed by atoms with Crippen LogP contribution in [0.4, 0.5) is 35.1 Å². The summed E-state index contributed by atoms with van der Waals surface area (Å²) in [5.74, 6) is -18.4. The molecule has 2 heterocycles. The Labute approximate surface area is 395 Å². The number of aryl methyl sites for hydroxylation is 2. The summed E-state index contributed by atoms with van der Waals surface area (Å²) in [6, 6.07) is 25.1. The Hall–Kier alpha value is -5.35. The zero-order chi connectivity index (χ0) is 50.4. The molecule has 6 rings (SSSR count). The highest BCUT2D eigenvalue weighted by Crippen LogP contribution is 2.44. The minimum absolute atomic E-state index is 0.000187. The van der Waals surface area contributed by atoms with Gasteiger partial charge in [0, 0.05) is 50.0 Å². The fourth-order valence-corrected chi connectivity index (χ4v) is 14.6. The van der Waals surface area contributed by atoms with Gasteiger partial charge in [0.25, 0.3) is 0 Å². The highest BCUT2D eigenvalue weighted by atomic mass is 28.5. The van der Waals surface area contributed by atoms with Crippen LogP contribution in [-0.2, 0) is 25.8 Å². The Balaban J connectivity index is 0.993. The highest BCUT2D eigenvalue weighted by molar-refractivity contribution is 6.80. The minimum Gasteiger partial charge on any atom is -0.493 e. The monoisotopic (exact) mass is 1010 g/mol. The molecule has 4 aromatic carbocycles. The van der Waals surface area contributed by atoms with Crippen molar-refractivity contribution in [3.05, 3.63) is 129 Å². The summed E-state index contributed by atoms with van der Waals surface area (Å²) in [5.41, 5.74) is 3.00. The van der Waals surface area contributed by atoms with Crippen LogP contribution in [0.2, 0.25) is 25.2 Å². The van der Waals surface area contributed by atoms with Gasteiger partial charge in [-0.25, -0.2) is 9.59 Å². The summed E-state index contributed by atoms with van der Waals surface area (Å²) >= 11 is 0. The van der Waals surface area contributed by atoms with Gasteiger partial charge < -0.3 is 31.3 Å². The van der Waals surface area contributed by atoms with Gasteiger partial charge in [0.2, 0.25) is 0 Å². The molecule has 0 bridgehead atoms. The van der Waals surface area contributed by atoms with Crippen molar-refractivity contribution in [3.63, 3.8) is 0 Å². The predicted molar refractivity (Wildman–Crippen MR) is 252 cm³/mol. The van der Waals surface area contributed by atoms with Crippen molar-refractivity contribution in [1.29, 1.82) is 0 Å². The van der Waals surface area contributed by atoms with Crippen LogP contribution in [-0.4, -0.2) is 68.2 Å². The van der Waals surface area contributed by atoms with Crippen molar-refractivity contribution in [2.75, 3.05) is 27.4 Å². The Bertz CT molecular complexity index is 2630. The first kappa shape index (κ1) is 53.0. The van der Waals surface area contributed by atoms with Crippen molar-refractivity contribution in [2.45, 2.75) is 101 Å². The van der Waals surface area contributed by atoms with E-state index in [0.29, 0.717) is 33.0 Å². The first-order chi connectivity index (χ1) is 32.4. The molecule has 0 saturated heterocycles. The van der Waals surface area contributed by atoms with Crippen LogP contribution in [0.3, 0.4) is 0 Å². The third kappa shape index (κ3) is 12.7. The first-order valence-electron chi connectivity index (χ1n) is 22.4. The Morgan fingerprint density at radius 2 is 0.841 bits per heavy atom. The van der Waals surface area contributed by atoms with E-state index in [1.807, 2.05) is 38.1 Å². The summed E-state index contributed by atoms with van der Waals surface area (Å²) < 4.78 is 160. The molecule has 0 N–H and O–H groups in total. The molecule has 2 unspecified atom stereocenters.